The Morgan fingerprint density at radius 1 is 0.547 bits per heavy atom. The zero-order valence-electron chi connectivity index (χ0n) is 33.7. The van der Waals surface area contributed by atoms with Gasteiger partial charge in [0.2, 0.25) is 0 Å². The highest BCUT2D eigenvalue weighted by Gasteiger charge is 2.27. The van der Waals surface area contributed by atoms with Crippen molar-refractivity contribution in [3.05, 3.63) is 24.3 Å². The van der Waals surface area contributed by atoms with Gasteiger partial charge in [-0.1, -0.05) is 160 Å². The molecule has 0 aliphatic carbocycles. The second-order valence-corrected chi connectivity index (χ2v) is 15.8. The van der Waals surface area contributed by atoms with Crippen molar-refractivity contribution in [2.24, 2.45) is 0 Å². The Morgan fingerprint density at radius 2 is 0.981 bits per heavy atom. The zero-order valence-corrected chi connectivity index (χ0v) is 34.6. The summed E-state index contributed by atoms with van der Waals surface area (Å²) in [6, 6.07) is 0. The maximum absolute atomic E-state index is 12.6. The van der Waals surface area contributed by atoms with E-state index in [0.29, 0.717) is 12.8 Å². The first-order valence-corrected chi connectivity index (χ1v) is 22.8. The Bertz CT molecular complexity index is 941. The minimum atomic E-state index is -4.62. The van der Waals surface area contributed by atoms with Crippen molar-refractivity contribution in [2.75, 3.05) is 26.4 Å². The molecular weight excluding hydrogens is 695 g/mol. The van der Waals surface area contributed by atoms with Crippen molar-refractivity contribution in [1.82, 2.24) is 0 Å². The van der Waals surface area contributed by atoms with E-state index in [1.807, 2.05) is 6.08 Å². The summed E-state index contributed by atoms with van der Waals surface area (Å²) in [6.07, 6.45) is 37.2. The molecule has 0 heterocycles. The molecule has 0 saturated carbocycles. The molecule has 0 spiro atoms. The Balaban J connectivity index is 4.33. The molecule has 11 heteroatoms. The maximum atomic E-state index is 12.6. The minimum Gasteiger partial charge on any atom is -0.462 e. The summed E-state index contributed by atoms with van der Waals surface area (Å²) < 4.78 is 32.6. The van der Waals surface area contributed by atoms with E-state index >= 15 is 0 Å². The van der Waals surface area contributed by atoms with Crippen LogP contribution in [-0.4, -0.2) is 65.7 Å². The molecule has 10 nitrogen and oxygen atoms in total. The van der Waals surface area contributed by atoms with Crippen LogP contribution >= 0.6 is 7.82 Å². The van der Waals surface area contributed by atoms with Gasteiger partial charge >= 0.3 is 19.8 Å². The number of phosphoric ester groups is 1. The number of unbranched alkanes of at least 4 members (excludes halogenated alkanes) is 22. The fourth-order valence-corrected chi connectivity index (χ4v) is 6.55. The Labute approximate surface area is 323 Å². The number of allylic oxidation sites excluding steroid dienone is 4. The summed E-state index contributed by atoms with van der Waals surface area (Å²) in [5.41, 5.74) is 0. The lowest BCUT2D eigenvalue weighted by Crippen LogP contribution is -2.29. The molecule has 3 atom stereocenters. The lowest BCUT2D eigenvalue weighted by Gasteiger charge is -2.20. The molecule has 53 heavy (non-hydrogen) atoms. The van der Waals surface area contributed by atoms with Crippen molar-refractivity contribution in [1.29, 1.82) is 0 Å². The second kappa shape index (κ2) is 38.7. The van der Waals surface area contributed by atoms with Gasteiger partial charge in [-0.25, -0.2) is 4.57 Å². The van der Waals surface area contributed by atoms with Crippen LogP contribution in [0.4, 0.5) is 0 Å². The molecule has 0 radical (unpaired) electrons. The van der Waals surface area contributed by atoms with Crippen LogP contribution in [-0.2, 0) is 32.7 Å². The number of ether oxygens (including phenoxy) is 2. The molecule has 0 bridgehead atoms. The fraction of sp³-hybridized carbons (Fsp3) is 0.857. The van der Waals surface area contributed by atoms with Gasteiger partial charge < -0.3 is 24.6 Å². The summed E-state index contributed by atoms with van der Waals surface area (Å²) in [5.74, 6) is -0.979. The summed E-state index contributed by atoms with van der Waals surface area (Å²) in [6.45, 7) is 2.32. The van der Waals surface area contributed by atoms with Gasteiger partial charge in [-0.15, -0.1) is 0 Å². The van der Waals surface area contributed by atoms with E-state index in [0.717, 1.165) is 32.1 Å². The quantitative estimate of drug-likeness (QED) is 0.0238. The molecule has 312 valence electrons. The molecule has 0 saturated heterocycles. The Hall–Kier alpha value is -1.55. The number of rotatable bonds is 40. The Morgan fingerprint density at radius 3 is 1.49 bits per heavy atom. The fourth-order valence-electron chi connectivity index (χ4n) is 5.76. The highest BCUT2D eigenvalue weighted by Crippen LogP contribution is 2.43. The molecule has 3 N–H and O–H groups in total. The molecule has 0 aromatic carbocycles. The van der Waals surface area contributed by atoms with Crippen LogP contribution in [0.25, 0.3) is 0 Å². The van der Waals surface area contributed by atoms with Gasteiger partial charge in [-0.3, -0.25) is 18.6 Å². The third kappa shape index (κ3) is 38.5. The van der Waals surface area contributed by atoms with E-state index in [1.165, 1.54) is 122 Å². The first kappa shape index (κ1) is 51.5. The summed E-state index contributed by atoms with van der Waals surface area (Å²) >= 11 is 0. The van der Waals surface area contributed by atoms with E-state index in [2.05, 4.69) is 36.6 Å². The van der Waals surface area contributed by atoms with E-state index < -0.39 is 51.8 Å². The predicted octanol–water partition coefficient (Wildman–Crippen LogP) is 11.0. The largest absolute Gasteiger partial charge is 0.472 e. The van der Waals surface area contributed by atoms with Gasteiger partial charge in [0.1, 0.15) is 12.7 Å². The van der Waals surface area contributed by atoms with Crippen LogP contribution in [0, 0.1) is 0 Å². The smallest absolute Gasteiger partial charge is 0.462 e. The molecule has 0 rings (SSSR count). The highest BCUT2D eigenvalue weighted by molar-refractivity contribution is 7.47. The van der Waals surface area contributed by atoms with E-state index in [9.17, 15) is 24.2 Å². The first-order chi connectivity index (χ1) is 25.7. The number of aliphatic hydroxyl groups excluding tert-OH is 2. The van der Waals surface area contributed by atoms with Crippen molar-refractivity contribution >= 4 is 19.8 Å². The van der Waals surface area contributed by atoms with Crippen molar-refractivity contribution in [2.45, 2.75) is 206 Å². The number of esters is 2. The third-order valence-corrected chi connectivity index (χ3v) is 10.0. The lowest BCUT2D eigenvalue weighted by atomic mass is 10.1. The monoisotopic (exact) mass is 775 g/mol. The first-order valence-electron chi connectivity index (χ1n) is 21.3. The average molecular weight is 775 g/mol. The minimum absolute atomic E-state index is 0.160. The van der Waals surface area contributed by atoms with Crippen LogP contribution in [0.2, 0.25) is 0 Å². The van der Waals surface area contributed by atoms with Crippen LogP contribution < -0.4 is 0 Å². The SMILES string of the molecule is CCCC/C=C/CCCCCCCCCCCC(=O)O[C@H](COC(=O)CC/C=C/CCCCCCCCCCCCC)COP(=O)(O)OC[C@@H](O)CO. The normalized spacial score (nSPS) is 14.1. The number of hydrogen-bond donors (Lipinski definition) is 3. The average Bonchev–Trinajstić information content (AvgIpc) is 3.14. The van der Waals surface area contributed by atoms with Gasteiger partial charge in [-0.2, -0.15) is 0 Å². The molecule has 0 aromatic heterocycles. The van der Waals surface area contributed by atoms with Crippen LogP contribution in [0.1, 0.15) is 194 Å². The maximum Gasteiger partial charge on any atom is 0.472 e. The van der Waals surface area contributed by atoms with Gasteiger partial charge in [0, 0.05) is 12.8 Å². The molecule has 0 aromatic rings. The Kier molecular flexibility index (Phi) is 37.6. The number of carbonyl (C=O) groups excluding carboxylic acids is 2. The molecule has 0 aliphatic rings. The standard InChI is InChI=1S/C42H79O10P/c1-3-5-7-9-11-13-15-17-19-21-23-25-27-29-31-33-41(45)49-37-40(38-51-53(47,48)50-36-39(44)35-43)52-42(46)34-32-30-28-26-24-22-20-18-16-14-12-10-8-6-4-2/h10,12,27,29,39-40,43-44H,3-9,11,13-26,28,30-38H2,1-2H3,(H,47,48)/b12-10+,29-27+/t39-,40+/m0/s1. The second-order valence-electron chi connectivity index (χ2n) is 14.4. The molecule has 0 fully saturated rings. The highest BCUT2D eigenvalue weighted by atomic mass is 31.2. The molecule has 1 unspecified atom stereocenters. The topological polar surface area (TPSA) is 149 Å². The van der Waals surface area contributed by atoms with Gasteiger partial charge in [0.25, 0.3) is 0 Å². The van der Waals surface area contributed by atoms with Gasteiger partial charge in [-0.05, 0) is 44.9 Å². The van der Waals surface area contributed by atoms with Gasteiger partial charge in [0.15, 0.2) is 6.10 Å². The third-order valence-electron chi connectivity index (χ3n) is 9.09. The van der Waals surface area contributed by atoms with E-state index in [-0.39, 0.29) is 19.4 Å². The van der Waals surface area contributed by atoms with E-state index in [1.54, 1.807) is 0 Å². The van der Waals surface area contributed by atoms with E-state index in [4.69, 9.17) is 19.1 Å². The summed E-state index contributed by atoms with van der Waals surface area (Å²) in [4.78, 5) is 34.9. The molecule has 0 amide bonds. The molecule has 0 aliphatic heterocycles. The predicted molar refractivity (Wildman–Crippen MR) is 215 cm³/mol. The van der Waals surface area contributed by atoms with Crippen molar-refractivity contribution in [3.63, 3.8) is 0 Å². The van der Waals surface area contributed by atoms with Gasteiger partial charge in [0.05, 0.1) is 19.8 Å². The van der Waals surface area contributed by atoms with Crippen molar-refractivity contribution < 1.29 is 47.8 Å². The van der Waals surface area contributed by atoms with Crippen LogP contribution in [0.3, 0.4) is 0 Å². The number of phosphoric acid groups is 1. The summed E-state index contributed by atoms with van der Waals surface area (Å²) in [5, 5.41) is 18.3. The van der Waals surface area contributed by atoms with Crippen LogP contribution in [0.15, 0.2) is 24.3 Å². The number of hydrogen-bond acceptors (Lipinski definition) is 9. The molecular formula is C42H79O10P. The number of carbonyl (C=O) groups is 2. The zero-order chi connectivity index (χ0) is 39.1. The number of aliphatic hydroxyl groups is 2. The lowest BCUT2D eigenvalue weighted by molar-refractivity contribution is -0.161. The summed E-state index contributed by atoms with van der Waals surface area (Å²) in [7, 11) is -4.62. The van der Waals surface area contributed by atoms with Crippen LogP contribution in [0.5, 0.6) is 0 Å². The van der Waals surface area contributed by atoms with Crippen molar-refractivity contribution in [3.8, 4) is 0 Å².